The molecule has 0 amide bonds. The highest BCUT2D eigenvalue weighted by molar-refractivity contribution is 6.31. The SMILES string of the molecule is CCOc1cc(CNC2CCCC2)c(Cl)cc1OCc1ccccc1F. The number of halogens is 2. The Hall–Kier alpha value is -1.78. The molecule has 3 rings (SSSR count). The third-order valence-electron chi connectivity index (χ3n) is 4.69. The Morgan fingerprint density at radius 1 is 1.08 bits per heavy atom. The van der Waals surface area contributed by atoms with E-state index in [2.05, 4.69) is 5.32 Å². The number of nitrogens with one attached hydrogen (secondary N) is 1. The zero-order valence-corrected chi connectivity index (χ0v) is 15.8. The van der Waals surface area contributed by atoms with Crippen molar-refractivity contribution in [3.63, 3.8) is 0 Å². The lowest BCUT2D eigenvalue weighted by Crippen LogP contribution is -2.25. The third kappa shape index (κ3) is 4.89. The van der Waals surface area contributed by atoms with Crippen LogP contribution in [-0.2, 0) is 13.2 Å². The van der Waals surface area contributed by atoms with E-state index in [0.717, 1.165) is 5.56 Å². The lowest BCUT2D eigenvalue weighted by Gasteiger charge is -2.17. The van der Waals surface area contributed by atoms with Gasteiger partial charge in [-0.25, -0.2) is 4.39 Å². The van der Waals surface area contributed by atoms with E-state index in [0.29, 0.717) is 41.3 Å². The van der Waals surface area contributed by atoms with Crippen LogP contribution in [0.2, 0.25) is 5.02 Å². The number of rotatable bonds is 8. The second kappa shape index (κ2) is 9.24. The summed E-state index contributed by atoms with van der Waals surface area (Å²) in [5.74, 6) is 0.884. The van der Waals surface area contributed by atoms with Crippen LogP contribution in [-0.4, -0.2) is 12.6 Å². The summed E-state index contributed by atoms with van der Waals surface area (Å²) in [7, 11) is 0. The predicted octanol–water partition coefficient (Wildman–Crippen LogP) is 5.49. The monoisotopic (exact) mass is 377 g/mol. The van der Waals surface area contributed by atoms with Gasteiger partial charge in [0.15, 0.2) is 11.5 Å². The molecule has 1 fully saturated rings. The fourth-order valence-electron chi connectivity index (χ4n) is 3.25. The first-order chi connectivity index (χ1) is 12.7. The number of hydrogen-bond donors (Lipinski definition) is 1. The first-order valence-corrected chi connectivity index (χ1v) is 9.60. The molecule has 1 aliphatic rings. The Morgan fingerprint density at radius 3 is 2.54 bits per heavy atom. The van der Waals surface area contributed by atoms with Gasteiger partial charge < -0.3 is 14.8 Å². The van der Waals surface area contributed by atoms with Crippen molar-refractivity contribution in [2.24, 2.45) is 0 Å². The molecule has 5 heteroatoms. The molecule has 3 nitrogen and oxygen atoms in total. The van der Waals surface area contributed by atoms with Crippen molar-refractivity contribution in [3.8, 4) is 11.5 Å². The van der Waals surface area contributed by atoms with Gasteiger partial charge in [-0.15, -0.1) is 0 Å². The van der Waals surface area contributed by atoms with Gasteiger partial charge in [-0.05, 0) is 37.5 Å². The maximum Gasteiger partial charge on any atom is 0.163 e. The molecule has 140 valence electrons. The molecule has 1 aliphatic carbocycles. The molecule has 2 aromatic carbocycles. The summed E-state index contributed by atoms with van der Waals surface area (Å²) in [5.41, 5.74) is 1.48. The summed E-state index contributed by atoms with van der Waals surface area (Å²) in [5, 5.41) is 4.19. The van der Waals surface area contributed by atoms with Gasteiger partial charge in [0.2, 0.25) is 0 Å². The molecule has 0 atom stereocenters. The van der Waals surface area contributed by atoms with Crippen LogP contribution in [0.25, 0.3) is 0 Å². The molecule has 2 aromatic rings. The number of benzene rings is 2. The van der Waals surface area contributed by atoms with E-state index in [9.17, 15) is 4.39 Å². The smallest absolute Gasteiger partial charge is 0.163 e. The van der Waals surface area contributed by atoms with Crippen molar-refractivity contribution in [1.29, 1.82) is 0 Å². The molecule has 0 aromatic heterocycles. The van der Waals surface area contributed by atoms with Gasteiger partial charge in [0.05, 0.1) is 6.61 Å². The fraction of sp³-hybridized carbons (Fsp3) is 0.429. The molecule has 0 saturated heterocycles. The first kappa shape index (κ1) is 19.0. The van der Waals surface area contributed by atoms with Crippen LogP contribution < -0.4 is 14.8 Å². The maximum absolute atomic E-state index is 13.8. The third-order valence-corrected chi connectivity index (χ3v) is 5.04. The molecular formula is C21H25ClFNO2. The van der Waals surface area contributed by atoms with Crippen LogP contribution in [0.1, 0.15) is 43.7 Å². The molecule has 0 spiro atoms. The minimum atomic E-state index is -0.283. The molecular weight excluding hydrogens is 353 g/mol. The van der Waals surface area contributed by atoms with Gasteiger partial charge in [0.1, 0.15) is 12.4 Å². The topological polar surface area (TPSA) is 30.5 Å². The van der Waals surface area contributed by atoms with Crippen molar-refractivity contribution in [1.82, 2.24) is 5.32 Å². The molecule has 0 unspecified atom stereocenters. The van der Waals surface area contributed by atoms with Crippen LogP contribution in [0.15, 0.2) is 36.4 Å². The predicted molar refractivity (Wildman–Crippen MR) is 102 cm³/mol. The van der Waals surface area contributed by atoms with E-state index in [1.54, 1.807) is 24.3 Å². The number of ether oxygens (including phenoxy) is 2. The summed E-state index contributed by atoms with van der Waals surface area (Å²) in [6.45, 7) is 3.28. The Bertz CT molecular complexity index is 732. The van der Waals surface area contributed by atoms with E-state index in [1.807, 2.05) is 13.0 Å². The Balaban J connectivity index is 1.72. The average molecular weight is 378 g/mol. The van der Waals surface area contributed by atoms with Gasteiger partial charge in [0, 0.05) is 29.2 Å². The minimum Gasteiger partial charge on any atom is -0.490 e. The highest BCUT2D eigenvalue weighted by atomic mass is 35.5. The summed E-state index contributed by atoms with van der Waals surface area (Å²) < 4.78 is 25.3. The highest BCUT2D eigenvalue weighted by Gasteiger charge is 2.16. The quantitative estimate of drug-likeness (QED) is 0.659. The summed E-state index contributed by atoms with van der Waals surface area (Å²) >= 11 is 6.45. The molecule has 0 radical (unpaired) electrons. The normalized spacial score (nSPS) is 14.6. The fourth-order valence-corrected chi connectivity index (χ4v) is 3.47. The van der Waals surface area contributed by atoms with E-state index in [-0.39, 0.29) is 12.4 Å². The van der Waals surface area contributed by atoms with E-state index in [4.69, 9.17) is 21.1 Å². The lowest BCUT2D eigenvalue weighted by molar-refractivity contribution is 0.265. The van der Waals surface area contributed by atoms with Gasteiger partial charge in [0.25, 0.3) is 0 Å². The lowest BCUT2D eigenvalue weighted by atomic mass is 10.1. The van der Waals surface area contributed by atoms with E-state index in [1.165, 1.54) is 31.7 Å². The van der Waals surface area contributed by atoms with E-state index >= 15 is 0 Å². The maximum atomic E-state index is 13.8. The molecule has 26 heavy (non-hydrogen) atoms. The number of hydrogen-bond acceptors (Lipinski definition) is 3. The van der Waals surface area contributed by atoms with Crippen molar-refractivity contribution in [3.05, 3.63) is 58.4 Å². The molecule has 0 bridgehead atoms. The molecule has 1 N–H and O–H groups in total. The summed E-state index contributed by atoms with van der Waals surface area (Å²) in [6, 6.07) is 10.8. The van der Waals surface area contributed by atoms with Crippen LogP contribution in [0.5, 0.6) is 11.5 Å². The van der Waals surface area contributed by atoms with Crippen molar-refractivity contribution < 1.29 is 13.9 Å². The first-order valence-electron chi connectivity index (χ1n) is 9.22. The van der Waals surface area contributed by atoms with Crippen LogP contribution >= 0.6 is 11.6 Å². The zero-order chi connectivity index (χ0) is 18.4. The Kier molecular flexibility index (Phi) is 6.75. The van der Waals surface area contributed by atoms with Crippen molar-refractivity contribution in [2.75, 3.05) is 6.61 Å². The van der Waals surface area contributed by atoms with Gasteiger partial charge in [-0.1, -0.05) is 42.6 Å². The van der Waals surface area contributed by atoms with Gasteiger partial charge >= 0.3 is 0 Å². The Labute approximate surface area is 159 Å². The molecule has 0 heterocycles. The molecule has 1 saturated carbocycles. The minimum absolute atomic E-state index is 0.128. The summed E-state index contributed by atoms with van der Waals surface area (Å²) in [4.78, 5) is 0. The Morgan fingerprint density at radius 2 is 1.81 bits per heavy atom. The average Bonchev–Trinajstić information content (AvgIpc) is 3.15. The van der Waals surface area contributed by atoms with Gasteiger partial charge in [-0.2, -0.15) is 0 Å². The van der Waals surface area contributed by atoms with Gasteiger partial charge in [-0.3, -0.25) is 0 Å². The second-order valence-corrected chi connectivity index (χ2v) is 6.97. The van der Waals surface area contributed by atoms with Crippen LogP contribution in [0, 0.1) is 5.82 Å². The summed E-state index contributed by atoms with van der Waals surface area (Å²) in [6.07, 6.45) is 5.02. The van der Waals surface area contributed by atoms with E-state index < -0.39 is 0 Å². The highest BCUT2D eigenvalue weighted by Crippen LogP contribution is 2.34. The standard InChI is InChI=1S/C21H25ClFNO2/c1-2-25-20-11-16(13-24-17-8-4-5-9-17)18(22)12-21(20)26-14-15-7-3-6-10-19(15)23/h3,6-7,10-12,17,24H,2,4-5,8-9,13-14H2,1H3. The molecule has 0 aliphatic heterocycles. The second-order valence-electron chi connectivity index (χ2n) is 6.57. The van der Waals surface area contributed by atoms with Crippen LogP contribution in [0.3, 0.4) is 0 Å². The zero-order valence-electron chi connectivity index (χ0n) is 15.1. The largest absolute Gasteiger partial charge is 0.490 e. The van der Waals surface area contributed by atoms with Crippen LogP contribution in [0.4, 0.5) is 4.39 Å². The van der Waals surface area contributed by atoms with Crippen molar-refractivity contribution >= 4 is 11.6 Å². The van der Waals surface area contributed by atoms with Crippen molar-refractivity contribution in [2.45, 2.75) is 51.8 Å².